The first-order valence-electron chi connectivity index (χ1n) is 9.04. The largest absolute Gasteiger partial charge is 0.491 e. The number of nitrogens with one attached hydrogen (secondary N) is 2. The van der Waals surface area contributed by atoms with Crippen LogP contribution in [0.2, 0.25) is 0 Å². The molecule has 7 nitrogen and oxygen atoms in total. The Morgan fingerprint density at radius 1 is 1.25 bits per heavy atom. The van der Waals surface area contributed by atoms with E-state index in [1.807, 2.05) is 20.8 Å². The van der Waals surface area contributed by atoms with Crippen LogP contribution in [-0.2, 0) is 4.79 Å². The van der Waals surface area contributed by atoms with E-state index in [0.29, 0.717) is 47.8 Å². The Hall–Kier alpha value is -1.61. The average Bonchev–Trinajstić information content (AvgIpc) is 2.57. The van der Waals surface area contributed by atoms with Gasteiger partial charge in [0.25, 0.3) is 0 Å². The molecule has 8 heteroatoms. The molecule has 1 aromatic rings. The molecule has 1 aromatic carbocycles. The van der Waals surface area contributed by atoms with E-state index in [4.69, 9.17) is 15.6 Å². The van der Waals surface area contributed by atoms with Gasteiger partial charge in [0, 0.05) is 17.8 Å². The summed E-state index contributed by atoms with van der Waals surface area (Å²) in [6.07, 6.45) is 0.700. The van der Waals surface area contributed by atoms with E-state index in [9.17, 15) is 9.59 Å². The van der Waals surface area contributed by atoms with Gasteiger partial charge in [-0.05, 0) is 63.3 Å². The number of carbonyl (C=O) groups is 2. The van der Waals surface area contributed by atoms with E-state index in [1.54, 1.807) is 18.2 Å². The molecule has 1 rings (SSSR count). The highest BCUT2D eigenvalue weighted by Gasteiger charge is 2.25. The van der Waals surface area contributed by atoms with Gasteiger partial charge in [-0.2, -0.15) is 0 Å². The van der Waals surface area contributed by atoms with Gasteiger partial charge in [-0.3, -0.25) is 14.7 Å². The number of rotatable bonds is 9. The highest BCUT2D eigenvalue weighted by Crippen LogP contribution is 2.26. The lowest BCUT2D eigenvalue weighted by molar-refractivity contribution is -0.119. The molecule has 0 fully saturated rings. The Bertz CT molecular complexity index is 645. The van der Waals surface area contributed by atoms with Gasteiger partial charge < -0.3 is 21.1 Å². The number of ether oxygens (including phenoxy) is 1. The first-order chi connectivity index (χ1) is 12.6. The summed E-state index contributed by atoms with van der Waals surface area (Å²) in [6.45, 7) is 10.8. The van der Waals surface area contributed by atoms with Crippen LogP contribution >= 0.6 is 11.9 Å². The third kappa shape index (κ3) is 9.05. The Morgan fingerprint density at radius 3 is 2.39 bits per heavy atom. The van der Waals surface area contributed by atoms with E-state index >= 15 is 0 Å². The van der Waals surface area contributed by atoms with E-state index < -0.39 is 0 Å². The van der Waals surface area contributed by atoms with Crippen LogP contribution in [0, 0.1) is 5.92 Å². The predicted molar refractivity (Wildman–Crippen MR) is 119 cm³/mol. The van der Waals surface area contributed by atoms with Crippen LogP contribution in [0.25, 0.3) is 0 Å². The van der Waals surface area contributed by atoms with Crippen molar-refractivity contribution in [3.8, 4) is 5.75 Å². The second kappa shape index (κ2) is 12.1. The molecule has 0 aliphatic heterocycles. The molecule has 28 heavy (non-hydrogen) atoms. The van der Waals surface area contributed by atoms with Crippen molar-refractivity contribution < 1.29 is 14.3 Å². The molecule has 160 valence electrons. The molecule has 0 spiro atoms. The molecule has 0 bridgehead atoms. The van der Waals surface area contributed by atoms with E-state index in [1.165, 1.54) is 0 Å². The molecule has 6 N–H and O–H groups in total. The topological polar surface area (TPSA) is 119 Å². The minimum absolute atomic E-state index is 0. The maximum Gasteiger partial charge on any atom is 0.241 e. The summed E-state index contributed by atoms with van der Waals surface area (Å²) in [5, 5.41) is 11.3. The monoisotopic (exact) mass is 412 g/mol. The Labute approximate surface area is 173 Å². The number of hydrogen-bond donors (Lipinski definition) is 4. The van der Waals surface area contributed by atoms with Crippen molar-refractivity contribution in [1.82, 2.24) is 5.32 Å². The zero-order chi connectivity index (χ0) is 20.6. The van der Waals surface area contributed by atoms with Crippen LogP contribution in [-0.4, -0.2) is 35.8 Å². The van der Waals surface area contributed by atoms with Crippen LogP contribution < -0.4 is 26.2 Å². The van der Waals surface area contributed by atoms with Crippen LogP contribution in [0.5, 0.6) is 5.75 Å². The van der Waals surface area contributed by atoms with Crippen molar-refractivity contribution in [2.75, 3.05) is 18.5 Å². The molecular formula is C20H36N4O3S. The summed E-state index contributed by atoms with van der Waals surface area (Å²) >= 11 is 0.600. The smallest absolute Gasteiger partial charge is 0.241 e. The average molecular weight is 413 g/mol. The normalized spacial score (nSPS) is 12.3. The highest BCUT2D eigenvalue weighted by atomic mass is 32.2. The molecule has 0 aliphatic carbocycles. The number of amides is 1. The molecule has 0 saturated carbocycles. The van der Waals surface area contributed by atoms with Gasteiger partial charge in [-0.25, -0.2) is 0 Å². The summed E-state index contributed by atoms with van der Waals surface area (Å²) in [6, 6.07) is 4.57. The van der Waals surface area contributed by atoms with Crippen LogP contribution in [0.4, 0.5) is 5.69 Å². The molecule has 0 aromatic heterocycles. The van der Waals surface area contributed by atoms with Gasteiger partial charge in [0.15, 0.2) is 0 Å². The molecular weight excluding hydrogens is 376 g/mol. The molecule has 1 atom stereocenters. The Morgan fingerprint density at radius 2 is 1.89 bits per heavy atom. The molecule has 0 aliphatic rings. The SMILES string of the molecule is C.CC(C)CC(NC(C)(C)C)C(=O)Nc1ccc(OCCN)c(C(=O)SN)c1. The van der Waals surface area contributed by atoms with Gasteiger partial charge in [0.1, 0.15) is 12.4 Å². The van der Waals surface area contributed by atoms with Crippen molar-refractivity contribution >= 4 is 28.7 Å². The minimum Gasteiger partial charge on any atom is -0.491 e. The fraction of sp³-hybridized carbons (Fsp3) is 0.600. The van der Waals surface area contributed by atoms with Gasteiger partial charge >= 0.3 is 0 Å². The first kappa shape index (κ1) is 26.4. The molecule has 0 saturated heterocycles. The minimum atomic E-state index is -0.346. The Balaban J connectivity index is 0.00000729. The second-order valence-corrected chi connectivity index (χ2v) is 8.43. The molecule has 0 radical (unpaired) electrons. The summed E-state index contributed by atoms with van der Waals surface area (Å²) in [5.41, 5.74) is 6.07. The third-order valence-corrected chi connectivity index (χ3v) is 4.01. The molecule has 1 unspecified atom stereocenters. The van der Waals surface area contributed by atoms with E-state index in [2.05, 4.69) is 24.5 Å². The number of carbonyl (C=O) groups excluding carboxylic acids is 2. The van der Waals surface area contributed by atoms with Crippen molar-refractivity contribution in [1.29, 1.82) is 0 Å². The maximum atomic E-state index is 12.8. The fourth-order valence-corrected chi connectivity index (χ4v) is 2.87. The van der Waals surface area contributed by atoms with Crippen molar-refractivity contribution in [2.24, 2.45) is 16.8 Å². The van der Waals surface area contributed by atoms with E-state index in [-0.39, 0.29) is 36.6 Å². The lowest BCUT2D eigenvalue weighted by Gasteiger charge is -2.29. The predicted octanol–water partition coefficient (Wildman–Crippen LogP) is 3.15. The number of anilines is 1. The molecule has 0 heterocycles. The zero-order valence-corrected chi connectivity index (χ0v) is 17.6. The standard InChI is InChI=1S/C19H32N4O3S.CH4/c1-12(2)10-15(23-19(3,4)5)17(24)22-13-6-7-16(26-9-8-20)14(11-13)18(25)27-21;/h6-7,11-12,15,23H,8-10,20-21H2,1-5H3,(H,22,24);1H4. The molecule has 1 amide bonds. The maximum absolute atomic E-state index is 12.8. The number of nitrogens with two attached hydrogens (primary N) is 2. The van der Waals surface area contributed by atoms with Gasteiger partial charge in [0.2, 0.25) is 11.0 Å². The van der Waals surface area contributed by atoms with Crippen LogP contribution in [0.15, 0.2) is 18.2 Å². The number of hydrogen-bond acceptors (Lipinski definition) is 7. The van der Waals surface area contributed by atoms with Crippen LogP contribution in [0.3, 0.4) is 0 Å². The summed E-state index contributed by atoms with van der Waals surface area (Å²) in [4.78, 5) is 24.9. The summed E-state index contributed by atoms with van der Waals surface area (Å²) in [5.74, 6) is 0.606. The fourth-order valence-electron chi connectivity index (χ4n) is 2.58. The summed E-state index contributed by atoms with van der Waals surface area (Å²) < 4.78 is 5.50. The van der Waals surface area contributed by atoms with Crippen molar-refractivity contribution in [3.05, 3.63) is 23.8 Å². The highest BCUT2D eigenvalue weighted by molar-refractivity contribution is 8.12. The second-order valence-electron chi connectivity index (χ2n) is 7.82. The van der Waals surface area contributed by atoms with Gasteiger partial charge in [-0.15, -0.1) is 0 Å². The number of benzene rings is 1. The van der Waals surface area contributed by atoms with Crippen LogP contribution in [0.1, 0.15) is 58.8 Å². The van der Waals surface area contributed by atoms with Gasteiger partial charge in [0.05, 0.1) is 11.6 Å². The summed E-state index contributed by atoms with van der Waals surface area (Å²) in [7, 11) is 0. The lowest BCUT2D eigenvalue weighted by atomic mass is 9.99. The lowest BCUT2D eigenvalue weighted by Crippen LogP contribution is -2.50. The zero-order valence-electron chi connectivity index (χ0n) is 16.8. The van der Waals surface area contributed by atoms with Gasteiger partial charge in [-0.1, -0.05) is 21.3 Å². The van der Waals surface area contributed by atoms with Crippen molar-refractivity contribution in [2.45, 2.75) is 60.0 Å². The Kier molecular flexibility index (Phi) is 11.4. The quantitative estimate of drug-likeness (QED) is 0.460. The van der Waals surface area contributed by atoms with E-state index in [0.717, 1.165) is 0 Å². The first-order valence-corrected chi connectivity index (χ1v) is 9.92. The van der Waals surface area contributed by atoms with Crippen molar-refractivity contribution in [3.63, 3.8) is 0 Å². The third-order valence-electron chi connectivity index (χ3n) is 3.58.